The predicted molar refractivity (Wildman–Crippen MR) is 70.2 cm³/mol. The quantitative estimate of drug-likeness (QED) is 0.656. The van der Waals surface area contributed by atoms with Gasteiger partial charge in [-0.05, 0) is 44.5 Å². The molecule has 18 heavy (non-hydrogen) atoms. The van der Waals surface area contributed by atoms with Crippen molar-refractivity contribution < 1.29 is 4.92 Å². The standard InChI is InChI=1S/C13H19N3O2/c1-15-8-2-3-11(9-14)13(15)10-4-6-12(7-5-10)16(17)18/h4-7,11,13H,2-3,8-9,14H2,1H3. The van der Waals surface area contributed by atoms with Crippen molar-refractivity contribution in [3.8, 4) is 0 Å². The van der Waals surface area contributed by atoms with E-state index in [1.165, 1.54) is 6.42 Å². The first kappa shape index (κ1) is 13.0. The molecule has 0 saturated carbocycles. The first-order chi connectivity index (χ1) is 8.63. The highest BCUT2D eigenvalue weighted by atomic mass is 16.6. The molecule has 0 aliphatic carbocycles. The van der Waals surface area contributed by atoms with Crippen LogP contribution >= 0.6 is 0 Å². The molecule has 1 saturated heterocycles. The molecule has 2 unspecified atom stereocenters. The van der Waals surface area contributed by atoms with Crippen LogP contribution in [-0.2, 0) is 0 Å². The van der Waals surface area contributed by atoms with Crippen molar-refractivity contribution in [3.63, 3.8) is 0 Å². The highest BCUT2D eigenvalue weighted by Gasteiger charge is 2.29. The van der Waals surface area contributed by atoms with E-state index in [9.17, 15) is 10.1 Å². The molecule has 0 amide bonds. The lowest BCUT2D eigenvalue weighted by atomic mass is 9.85. The Labute approximate surface area is 107 Å². The molecule has 0 bridgehead atoms. The molecule has 0 radical (unpaired) electrons. The van der Waals surface area contributed by atoms with Crippen molar-refractivity contribution in [3.05, 3.63) is 39.9 Å². The maximum atomic E-state index is 10.6. The molecule has 1 heterocycles. The van der Waals surface area contributed by atoms with Gasteiger partial charge in [0.05, 0.1) is 4.92 Å². The zero-order valence-electron chi connectivity index (χ0n) is 10.6. The third-order valence-corrected chi connectivity index (χ3v) is 3.76. The van der Waals surface area contributed by atoms with Crippen LogP contribution in [0.15, 0.2) is 24.3 Å². The maximum Gasteiger partial charge on any atom is 0.269 e. The molecule has 5 nitrogen and oxygen atoms in total. The minimum Gasteiger partial charge on any atom is -0.330 e. The summed E-state index contributed by atoms with van der Waals surface area (Å²) in [5, 5.41) is 10.6. The van der Waals surface area contributed by atoms with E-state index in [2.05, 4.69) is 11.9 Å². The van der Waals surface area contributed by atoms with Gasteiger partial charge in [0.15, 0.2) is 0 Å². The van der Waals surface area contributed by atoms with E-state index >= 15 is 0 Å². The smallest absolute Gasteiger partial charge is 0.269 e. The van der Waals surface area contributed by atoms with Gasteiger partial charge in [0.1, 0.15) is 0 Å². The van der Waals surface area contributed by atoms with Gasteiger partial charge in [-0.1, -0.05) is 12.1 Å². The van der Waals surface area contributed by atoms with Crippen molar-refractivity contribution in [2.75, 3.05) is 20.1 Å². The molecule has 5 heteroatoms. The number of likely N-dealkylation sites (tertiary alicyclic amines) is 1. The number of rotatable bonds is 3. The monoisotopic (exact) mass is 249 g/mol. The Morgan fingerprint density at radius 2 is 2.11 bits per heavy atom. The minimum atomic E-state index is -0.366. The molecule has 0 aromatic heterocycles. The fourth-order valence-corrected chi connectivity index (χ4v) is 2.83. The van der Waals surface area contributed by atoms with Gasteiger partial charge in [0, 0.05) is 18.2 Å². The Hall–Kier alpha value is -1.46. The number of non-ortho nitro benzene ring substituents is 1. The maximum absolute atomic E-state index is 10.6. The van der Waals surface area contributed by atoms with E-state index in [1.54, 1.807) is 12.1 Å². The number of nitro groups is 1. The molecule has 1 fully saturated rings. The predicted octanol–water partition coefficient (Wildman–Crippen LogP) is 1.94. The summed E-state index contributed by atoms with van der Waals surface area (Å²) >= 11 is 0. The molecule has 2 atom stereocenters. The molecular weight excluding hydrogens is 230 g/mol. The van der Waals surface area contributed by atoms with Crippen LogP contribution in [0.4, 0.5) is 5.69 Å². The van der Waals surface area contributed by atoms with Crippen LogP contribution in [-0.4, -0.2) is 30.0 Å². The Morgan fingerprint density at radius 1 is 1.44 bits per heavy atom. The summed E-state index contributed by atoms with van der Waals surface area (Å²) in [5.41, 5.74) is 7.10. The van der Waals surface area contributed by atoms with E-state index in [0.717, 1.165) is 18.5 Å². The third-order valence-electron chi connectivity index (χ3n) is 3.76. The highest BCUT2D eigenvalue weighted by Crippen LogP contribution is 2.34. The molecule has 0 spiro atoms. The van der Waals surface area contributed by atoms with Gasteiger partial charge in [0.2, 0.25) is 0 Å². The van der Waals surface area contributed by atoms with Crippen molar-refractivity contribution in [1.82, 2.24) is 4.90 Å². The van der Waals surface area contributed by atoms with Crippen LogP contribution in [0.25, 0.3) is 0 Å². The van der Waals surface area contributed by atoms with Gasteiger partial charge in [-0.3, -0.25) is 15.0 Å². The highest BCUT2D eigenvalue weighted by molar-refractivity contribution is 5.34. The van der Waals surface area contributed by atoms with Gasteiger partial charge in [-0.2, -0.15) is 0 Å². The second-order valence-corrected chi connectivity index (χ2v) is 4.91. The van der Waals surface area contributed by atoms with Crippen LogP contribution in [0, 0.1) is 16.0 Å². The zero-order chi connectivity index (χ0) is 13.1. The zero-order valence-corrected chi connectivity index (χ0v) is 10.6. The Bertz CT molecular complexity index is 419. The van der Waals surface area contributed by atoms with E-state index < -0.39 is 0 Å². The van der Waals surface area contributed by atoms with Crippen LogP contribution in [0.1, 0.15) is 24.4 Å². The largest absolute Gasteiger partial charge is 0.330 e. The lowest BCUT2D eigenvalue weighted by Crippen LogP contribution is -2.39. The second-order valence-electron chi connectivity index (χ2n) is 4.91. The van der Waals surface area contributed by atoms with Crippen LogP contribution in [0.2, 0.25) is 0 Å². The normalized spacial score (nSPS) is 25.0. The molecule has 1 aromatic rings. The van der Waals surface area contributed by atoms with Gasteiger partial charge in [-0.25, -0.2) is 0 Å². The average Bonchev–Trinajstić information content (AvgIpc) is 2.38. The fraction of sp³-hybridized carbons (Fsp3) is 0.538. The van der Waals surface area contributed by atoms with Crippen LogP contribution < -0.4 is 5.73 Å². The number of hydrogen-bond acceptors (Lipinski definition) is 4. The first-order valence-corrected chi connectivity index (χ1v) is 6.28. The molecule has 2 rings (SSSR count). The topological polar surface area (TPSA) is 72.4 Å². The van der Waals surface area contributed by atoms with Crippen molar-refractivity contribution >= 4 is 5.69 Å². The molecule has 1 aromatic carbocycles. The summed E-state index contributed by atoms with van der Waals surface area (Å²) in [6, 6.07) is 7.14. The number of benzene rings is 1. The molecule has 1 aliphatic rings. The second kappa shape index (κ2) is 5.46. The number of nitrogens with two attached hydrogens (primary N) is 1. The molecule has 2 N–H and O–H groups in total. The fourth-order valence-electron chi connectivity index (χ4n) is 2.83. The minimum absolute atomic E-state index is 0.140. The van der Waals surface area contributed by atoms with E-state index in [1.807, 2.05) is 12.1 Å². The molecule has 98 valence electrons. The van der Waals surface area contributed by atoms with Gasteiger partial charge >= 0.3 is 0 Å². The summed E-state index contributed by atoms with van der Waals surface area (Å²) in [6.07, 6.45) is 2.30. The average molecular weight is 249 g/mol. The lowest BCUT2D eigenvalue weighted by molar-refractivity contribution is -0.384. The van der Waals surface area contributed by atoms with E-state index in [0.29, 0.717) is 12.5 Å². The summed E-state index contributed by atoms with van der Waals surface area (Å²) < 4.78 is 0. The van der Waals surface area contributed by atoms with Crippen LogP contribution in [0.5, 0.6) is 0 Å². The molecular formula is C13H19N3O2. The third kappa shape index (κ3) is 2.52. The Kier molecular flexibility index (Phi) is 3.93. The summed E-state index contributed by atoms with van der Waals surface area (Å²) in [6.45, 7) is 1.71. The van der Waals surface area contributed by atoms with E-state index in [4.69, 9.17) is 5.73 Å². The van der Waals surface area contributed by atoms with Gasteiger partial charge in [-0.15, -0.1) is 0 Å². The summed E-state index contributed by atoms with van der Waals surface area (Å²) in [4.78, 5) is 12.6. The van der Waals surface area contributed by atoms with Crippen molar-refractivity contribution in [2.45, 2.75) is 18.9 Å². The van der Waals surface area contributed by atoms with Crippen LogP contribution in [0.3, 0.4) is 0 Å². The van der Waals surface area contributed by atoms with E-state index in [-0.39, 0.29) is 16.7 Å². The SMILES string of the molecule is CN1CCCC(CN)C1c1ccc([N+](=O)[O-])cc1. The Balaban J connectivity index is 2.24. The lowest BCUT2D eigenvalue weighted by Gasteiger charge is -2.39. The Morgan fingerprint density at radius 3 is 2.67 bits per heavy atom. The number of nitro benzene ring substituents is 1. The number of nitrogens with zero attached hydrogens (tertiary/aromatic N) is 2. The van der Waals surface area contributed by atoms with Crippen molar-refractivity contribution in [2.24, 2.45) is 11.7 Å². The summed E-state index contributed by atoms with van der Waals surface area (Å²) in [7, 11) is 2.09. The van der Waals surface area contributed by atoms with Gasteiger partial charge in [0.25, 0.3) is 5.69 Å². The van der Waals surface area contributed by atoms with Crippen molar-refractivity contribution in [1.29, 1.82) is 0 Å². The first-order valence-electron chi connectivity index (χ1n) is 6.28. The van der Waals surface area contributed by atoms with Gasteiger partial charge < -0.3 is 5.73 Å². The number of hydrogen-bond donors (Lipinski definition) is 1. The molecule has 1 aliphatic heterocycles. The number of piperidine rings is 1. The summed E-state index contributed by atoms with van der Waals surface area (Å²) in [5.74, 6) is 0.435.